The second-order valence-corrected chi connectivity index (χ2v) is 3.80. The van der Waals surface area contributed by atoms with Crippen molar-refractivity contribution in [3.05, 3.63) is 34.9 Å². The van der Waals surface area contributed by atoms with Crippen LogP contribution in [-0.2, 0) is 0 Å². The van der Waals surface area contributed by atoms with Crippen molar-refractivity contribution in [1.82, 2.24) is 5.32 Å². The van der Waals surface area contributed by atoms with Crippen LogP contribution in [0.15, 0.2) is 24.3 Å². The molecular weight excluding hydrogens is 229 g/mol. The summed E-state index contributed by atoms with van der Waals surface area (Å²) in [5.74, 6) is 0.646. The lowest BCUT2D eigenvalue weighted by molar-refractivity contribution is 0.734. The first kappa shape index (κ1) is 17.2. The van der Waals surface area contributed by atoms with E-state index in [1.807, 2.05) is 26.2 Å². The van der Waals surface area contributed by atoms with Crippen LogP contribution in [0.2, 0.25) is 5.02 Å². The molecule has 0 fully saturated rings. The minimum Gasteiger partial charge on any atom is -0.323 e. The predicted octanol–water partition coefficient (Wildman–Crippen LogP) is 4.11. The first-order valence-electron chi connectivity index (χ1n) is 4.99. The average Bonchev–Trinajstić information content (AvgIpc) is 2.19. The molecule has 1 unspecified atom stereocenters. The summed E-state index contributed by atoms with van der Waals surface area (Å²) in [5, 5.41) is 3.57. The standard InChI is InChI=1S/C10H13Cl.C2H7N.ClH/c1-3-8(2)9-4-6-10(11)7-5-9;1-3-2;/h4-8H,3H2,1-2H3;3H,1-2H3;1H. The lowest BCUT2D eigenvalue weighted by atomic mass is 9.99. The van der Waals surface area contributed by atoms with Crippen LogP contribution in [0.3, 0.4) is 0 Å². The lowest BCUT2D eigenvalue weighted by Gasteiger charge is -2.07. The predicted molar refractivity (Wildman–Crippen MR) is 72.4 cm³/mol. The molecule has 1 N–H and O–H groups in total. The Morgan fingerprint density at radius 3 is 1.93 bits per heavy atom. The molecular formula is C12H21Cl2N. The Kier molecular flexibility index (Phi) is 11.8. The summed E-state index contributed by atoms with van der Waals surface area (Å²) >= 11 is 5.76. The molecule has 1 aromatic rings. The monoisotopic (exact) mass is 249 g/mol. The van der Waals surface area contributed by atoms with E-state index in [1.54, 1.807) is 0 Å². The zero-order valence-corrected chi connectivity index (χ0v) is 11.5. The van der Waals surface area contributed by atoms with Crippen molar-refractivity contribution in [3.63, 3.8) is 0 Å². The van der Waals surface area contributed by atoms with Crippen LogP contribution in [0.4, 0.5) is 0 Å². The maximum Gasteiger partial charge on any atom is 0.0406 e. The van der Waals surface area contributed by atoms with E-state index in [-0.39, 0.29) is 12.4 Å². The van der Waals surface area contributed by atoms with Gasteiger partial charge in [0, 0.05) is 5.02 Å². The van der Waals surface area contributed by atoms with Crippen LogP contribution in [0.25, 0.3) is 0 Å². The Morgan fingerprint density at radius 2 is 1.60 bits per heavy atom. The van der Waals surface area contributed by atoms with Crippen molar-refractivity contribution in [3.8, 4) is 0 Å². The Hall–Kier alpha value is -0.240. The van der Waals surface area contributed by atoms with Crippen LogP contribution in [0.1, 0.15) is 31.7 Å². The van der Waals surface area contributed by atoms with E-state index >= 15 is 0 Å². The van der Waals surface area contributed by atoms with Crippen molar-refractivity contribution in [2.75, 3.05) is 14.1 Å². The van der Waals surface area contributed by atoms with Gasteiger partial charge in [-0.3, -0.25) is 0 Å². The molecule has 1 rings (SSSR count). The van der Waals surface area contributed by atoms with Crippen molar-refractivity contribution < 1.29 is 0 Å². The minimum atomic E-state index is 0. The Morgan fingerprint density at radius 1 is 1.20 bits per heavy atom. The highest BCUT2D eigenvalue weighted by molar-refractivity contribution is 6.30. The molecule has 0 aliphatic carbocycles. The van der Waals surface area contributed by atoms with Gasteiger partial charge in [0.1, 0.15) is 0 Å². The van der Waals surface area contributed by atoms with Gasteiger partial charge in [-0.05, 0) is 44.1 Å². The summed E-state index contributed by atoms with van der Waals surface area (Å²) in [6.07, 6.45) is 1.18. The smallest absolute Gasteiger partial charge is 0.0406 e. The topological polar surface area (TPSA) is 12.0 Å². The number of halogens is 2. The fourth-order valence-electron chi connectivity index (χ4n) is 1.03. The minimum absolute atomic E-state index is 0. The molecule has 0 bridgehead atoms. The number of nitrogens with one attached hydrogen (secondary N) is 1. The average molecular weight is 250 g/mol. The fourth-order valence-corrected chi connectivity index (χ4v) is 1.15. The van der Waals surface area contributed by atoms with Crippen molar-refractivity contribution in [2.24, 2.45) is 0 Å². The molecule has 3 heteroatoms. The quantitative estimate of drug-likeness (QED) is 0.832. The molecule has 0 radical (unpaired) electrons. The summed E-state index contributed by atoms with van der Waals surface area (Å²) in [6, 6.07) is 8.08. The SMILES string of the molecule is CCC(C)c1ccc(Cl)cc1.CNC.Cl. The van der Waals surface area contributed by atoms with Gasteiger partial charge >= 0.3 is 0 Å². The molecule has 1 aromatic carbocycles. The number of benzene rings is 1. The van der Waals surface area contributed by atoms with E-state index in [1.165, 1.54) is 12.0 Å². The summed E-state index contributed by atoms with van der Waals surface area (Å²) in [6.45, 7) is 4.42. The molecule has 0 aromatic heterocycles. The second kappa shape index (κ2) is 10.3. The Bertz CT molecular complexity index is 234. The molecule has 1 atom stereocenters. The summed E-state index contributed by atoms with van der Waals surface area (Å²) < 4.78 is 0. The highest BCUT2D eigenvalue weighted by atomic mass is 35.5. The van der Waals surface area contributed by atoms with Crippen molar-refractivity contribution in [2.45, 2.75) is 26.2 Å². The van der Waals surface area contributed by atoms with Gasteiger partial charge in [0.25, 0.3) is 0 Å². The molecule has 0 amide bonds. The molecule has 0 aliphatic heterocycles. The first-order chi connectivity index (χ1) is 6.65. The van der Waals surface area contributed by atoms with Crippen LogP contribution < -0.4 is 5.32 Å². The number of hydrogen-bond donors (Lipinski definition) is 1. The second-order valence-electron chi connectivity index (χ2n) is 3.36. The van der Waals surface area contributed by atoms with Gasteiger partial charge in [-0.15, -0.1) is 12.4 Å². The van der Waals surface area contributed by atoms with Gasteiger partial charge in [0.15, 0.2) is 0 Å². The highest BCUT2D eigenvalue weighted by Gasteiger charge is 2.00. The van der Waals surface area contributed by atoms with E-state index in [0.717, 1.165) is 5.02 Å². The Balaban J connectivity index is 0. The van der Waals surface area contributed by atoms with Gasteiger partial charge in [0.2, 0.25) is 0 Å². The van der Waals surface area contributed by atoms with Gasteiger partial charge < -0.3 is 5.32 Å². The van der Waals surface area contributed by atoms with E-state index in [9.17, 15) is 0 Å². The van der Waals surface area contributed by atoms with Crippen LogP contribution in [0.5, 0.6) is 0 Å². The van der Waals surface area contributed by atoms with E-state index in [2.05, 4.69) is 31.3 Å². The third-order valence-corrected chi connectivity index (χ3v) is 2.30. The highest BCUT2D eigenvalue weighted by Crippen LogP contribution is 2.20. The summed E-state index contributed by atoms with van der Waals surface area (Å²) in [7, 11) is 3.75. The van der Waals surface area contributed by atoms with Crippen LogP contribution >= 0.6 is 24.0 Å². The molecule has 0 spiro atoms. The largest absolute Gasteiger partial charge is 0.323 e. The van der Waals surface area contributed by atoms with Crippen molar-refractivity contribution in [1.29, 1.82) is 0 Å². The van der Waals surface area contributed by atoms with Gasteiger partial charge in [-0.1, -0.05) is 37.6 Å². The number of hydrogen-bond acceptors (Lipinski definition) is 1. The lowest BCUT2D eigenvalue weighted by Crippen LogP contribution is -1.89. The molecule has 0 heterocycles. The third kappa shape index (κ3) is 7.66. The van der Waals surface area contributed by atoms with Crippen LogP contribution in [0, 0.1) is 0 Å². The molecule has 0 saturated carbocycles. The maximum atomic E-state index is 5.76. The van der Waals surface area contributed by atoms with Gasteiger partial charge in [0.05, 0.1) is 0 Å². The van der Waals surface area contributed by atoms with E-state index in [4.69, 9.17) is 11.6 Å². The van der Waals surface area contributed by atoms with Crippen molar-refractivity contribution >= 4 is 24.0 Å². The third-order valence-electron chi connectivity index (χ3n) is 2.05. The van der Waals surface area contributed by atoms with Crippen LogP contribution in [-0.4, -0.2) is 14.1 Å². The van der Waals surface area contributed by atoms with E-state index < -0.39 is 0 Å². The zero-order valence-electron chi connectivity index (χ0n) is 9.88. The van der Waals surface area contributed by atoms with Gasteiger partial charge in [-0.25, -0.2) is 0 Å². The molecule has 0 aliphatic rings. The summed E-state index contributed by atoms with van der Waals surface area (Å²) in [5.41, 5.74) is 1.37. The normalized spacial score (nSPS) is 10.7. The summed E-state index contributed by atoms with van der Waals surface area (Å²) in [4.78, 5) is 0. The Labute approximate surface area is 105 Å². The van der Waals surface area contributed by atoms with Gasteiger partial charge in [-0.2, -0.15) is 0 Å². The fraction of sp³-hybridized carbons (Fsp3) is 0.500. The molecule has 88 valence electrons. The zero-order chi connectivity index (χ0) is 11.0. The molecule has 15 heavy (non-hydrogen) atoms. The number of rotatable bonds is 2. The van der Waals surface area contributed by atoms with E-state index in [0.29, 0.717) is 5.92 Å². The molecule has 1 nitrogen and oxygen atoms in total. The molecule has 0 saturated heterocycles. The first-order valence-corrected chi connectivity index (χ1v) is 5.37. The maximum absolute atomic E-state index is 5.76.